The average Bonchev–Trinajstić information content (AvgIpc) is 2.35. The van der Waals surface area contributed by atoms with Crippen molar-refractivity contribution in [2.45, 2.75) is 6.92 Å². The molecule has 1 heterocycles. The summed E-state index contributed by atoms with van der Waals surface area (Å²) in [5.41, 5.74) is 0.816. The monoisotopic (exact) mass is 263 g/mol. The second kappa shape index (κ2) is 5.01. The van der Waals surface area contributed by atoms with Crippen LogP contribution in [0.4, 0.5) is 5.82 Å². The zero-order valence-corrected chi connectivity index (χ0v) is 10.3. The van der Waals surface area contributed by atoms with Gasteiger partial charge in [0.05, 0.1) is 5.56 Å². The molecule has 0 fully saturated rings. The Morgan fingerprint density at radius 2 is 2.06 bits per heavy atom. The molecular formula is C12H10ClN3O2. The lowest BCUT2D eigenvalue weighted by molar-refractivity contribution is 0.102. The third-order valence-electron chi connectivity index (χ3n) is 2.36. The molecule has 0 bridgehead atoms. The molecule has 0 atom stereocenters. The summed E-state index contributed by atoms with van der Waals surface area (Å²) in [6.07, 6.45) is 0. The number of carbonyl (C=O) groups is 1. The number of anilines is 1. The van der Waals surface area contributed by atoms with E-state index in [9.17, 15) is 9.90 Å². The average molecular weight is 264 g/mol. The van der Waals surface area contributed by atoms with E-state index < -0.39 is 5.91 Å². The van der Waals surface area contributed by atoms with Crippen molar-refractivity contribution in [2.24, 2.45) is 0 Å². The topological polar surface area (TPSA) is 75.1 Å². The SMILES string of the molecule is Cc1cccc(C(=O)Nc2ccc(Cl)nn2)c1O. The first-order valence-corrected chi connectivity index (χ1v) is 5.55. The maximum atomic E-state index is 11.9. The number of phenolic OH excluding ortho intramolecular Hbond substituents is 1. The highest BCUT2D eigenvalue weighted by atomic mass is 35.5. The van der Waals surface area contributed by atoms with E-state index in [0.29, 0.717) is 5.56 Å². The fraction of sp³-hybridized carbons (Fsp3) is 0.0833. The minimum absolute atomic E-state index is 0.0445. The van der Waals surface area contributed by atoms with E-state index in [0.717, 1.165) is 0 Å². The Morgan fingerprint density at radius 1 is 1.28 bits per heavy atom. The maximum Gasteiger partial charge on any atom is 0.260 e. The van der Waals surface area contributed by atoms with Gasteiger partial charge in [-0.2, -0.15) is 0 Å². The van der Waals surface area contributed by atoms with Crippen molar-refractivity contribution >= 4 is 23.3 Å². The van der Waals surface area contributed by atoms with Crippen LogP contribution in [-0.2, 0) is 0 Å². The van der Waals surface area contributed by atoms with Crippen molar-refractivity contribution in [1.29, 1.82) is 0 Å². The molecule has 0 radical (unpaired) electrons. The zero-order chi connectivity index (χ0) is 13.1. The van der Waals surface area contributed by atoms with Gasteiger partial charge in [0.1, 0.15) is 5.75 Å². The van der Waals surface area contributed by atoms with Gasteiger partial charge >= 0.3 is 0 Å². The van der Waals surface area contributed by atoms with Crippen LogP contribution in [0.5, 0.6) is 5.75 Å². The second-order valence-corrected chi connectivity index (χ2v) is 4.05. The molecule has 1 aromatic heterocycles. The Balaban J connectivity index is 2.22. The minimum atomic E-state index is -0.451. The number of hydrogen-bond acceptors (Lipinski definition) is 4. The second-order valence-electron chi connectivity index (χ2n) is 3.67. The Morgan fingerprint density at radius 3 is 2.72 bits per heavy atom. The van der Waals surface area contributed by atoms with Gasteiger partial charge < -0.3 is 10.4 Å². The van der Waals surface area contributed by atoms with E-state index >= 15 is 0 Å². The molecule has 0 aliphatic heterocycles. The lowest BCUT2D eigenvalue weighted by Gasteiger charge is -2.07. The molecule has 6 heteroatoms. The first-order chi connectivity index (χ1) is 8.58. The summed E-state index contributed by atoms with van der Waals surface area (Å²) in [6, 6.07) is 7.98. The molecule has 0 unspecified atom stereocenters. The number of nitrogens with one attached hydrogen (secondary N) is 1. The van der Waals surface area contributed by atoms with Gasteiger partial charge in [-0.25, -0.2) is 0 Å². The standard InChI is InChI=1S/C12H10ClN3O2/c1-7-3-2-4-8(11(7)17)12(18)14-10-6-5-9(13)15-16-10/h2-6,17H,1H3,(H,14,16,18). The lowest BCUT2D eigenvalue weighted by atomic mass is 10.1. The molecule has 1 aromatic carbocycles. The summed E-state index contributed by atoms with van der Waals surface area (Å²) in [5, 5.41) is 19.8. The van der Waals surface area contributed by atoms with Gasteiger partial charge in [0.15, 0.2) is 11.0 Å². The summed E-state index contributed by atoms with van der Waals surface area (Å²) >= 11 is 5.58. The highest BCUT2D eigenvalue weighted by molar-refractivity contribution is 6.29. The largest absolute Gasteiger partial charge is 0.507 e. The molecule has 18 heavy (non-hydrogen) atoms. The summed E-state index contributed by atoms with van der Waals surface area (Å²) in [6.45, 7) is 1.72. The number of nitrogens with zero attached hydrogens (tertiary/aromatic N) is 2. The molecule has 0 saturated carbocycles. The van der Waals surface area contributed by atoms with Gasteiger partial charge in [0.25, 0.3) is 5.91 Å². The van der Waals surface area contributed by atoms with Crippen LogP contribution in [0.25, 0.3) is 0 Å². The molecule has 92 valence electrons. The molecule has 2 aromatic rings. The van der Waals surface area contributed by atoms with Gasteiger partial charge in [-0.1, -0.05) is 23.7 Å². The Labute approximate surface area is 108 Å². The predicted molar refractivity (Wildman–Crippen MR) is 67.8 cm³/mol. The van der Waals surface area contributed by atoms with Crippen molar-refractivity contribution < 1.29 is 9.90 Å². The highest BCUT2D eigenvalue weighted by Gasteiger charge is 2.13. The molecule has 2 rings (SSSR count). The summed E-state index contributed by atoms with van der Waals surface area (Å²) in [4.78, 5) is 11.9. The smallest absolute Gasteiger partial charge is 0.260 e. The van der Waals surface area contributed by atoms with E-state index in [1.807, 2.05) is 0 Å². The predicted octanol–water partition coefficient (Wildman–Crippen LogP) is 2.40. The fourth-order valence-electron chi connectivity index (χ4n) is 1.41. The van der Waals surface area contributed by atoms with Gasteiger partial charge in [0, 0.05) is 0 Å². The number of aromatic hydroxyl groups is 1. The quantitative estimate of drug-likeness (QED) is 0.872. The van der Waals surface area contributed by atoms with Crippen LogP contribution in [-0.4, -0.2) is 21.2 Å². The van der Waals surface area contributed by atoms with Crippen molar-refractivity contribution in [2.75, 3.05) is 5.32 Å². The van der Waals surface area contributed by atoms with Crippen LogP contribution in [0, 0.1) is 6.92 Å². The highest BCUT2D eigenvalue weighted by Crippen LogP contribution is 2.22. The summed E-state index contributed by atoms with van der Waals surface area (Å²) in [7, 11) is 0. The van der Waals surface area contributed by atoms with Crippen LogP contribution in [0.1, 0.15) is 15.9 Å². The molecule has 0 saturated heterocycles. The molecule has 0 aliphatic rings. The minimum Gasteiger partial charge on any atom is -0.507 e. The molecular weight excluding hydrogens is 254 g/mol. The van der Waals surface area contributed by atoms with E-state index in [1.165, 1.54) is 18.2 Å². The van der Waals surface area contributed by atoms with Crippen LogP contribution in [0.2, 0.25) is 5.15 Å². The van der Waals surface area contributed by atoms with E-state index in [2.05, 4.69) is 15.5 Å². The number of rotatable bonds is 2. The van der Waals surface area contributed by atoms with Crippen LogP contribution < -0.4 is 5.32 Å². The Bertz CT molecular complexity index is 584. The van der Waals surface area contributed by atoms with Crippen molar-refractivity contribution in [3.63, 3.8) is 0 Å². The number of para-hydroxylation sites is 1. The summed E-state index contributed by atoms with van der Waals surface area (Å²) in [5.74, 6) is -0.227. The van der Waals surface area contributed by atoms with Gasteiger partial charge in [-0.3, -0.25) is 4.79 Å². The van der Waals surface area contributed by atoms with Crippen LogP contribution in [0.3, 0.4) is 0 Å². The number of halogens is 1. The lowest BCUT2D eigenvalue weighted by Crippen LogP contribution is -2.13. The number of hydrogen-bond donors (Lipinski definition) is 2. The number of phenols is 1. The first-order valence-electron chi connectivity index (χ1n) is 5.17. The van der Waals surface area contributed by atoms with E-state index in [4.69, 9.17) is 11.6 Å². The van der Waals surface area contributed by atoms with Crippen LogP contribution >= 0.6 is 11.6 Å². The number of aryl methyl sites for hydroxylation is 1. The van der Waals surface area contributed by atoms with Crippen LogP contribution in [0.15, 0.2) is 30.3 Å². The zero-order valence-electron chi connectivity index (χ0n) is 9.51. The third-order valence-corrected chi connectivity index (χ3v) is 2.56. The van der Waals surface area contributed by atoms with Gasteiger partial charge in [-0.05, 0) is 30.7 Å². The van der Waals surface area contributed by atoms with E-state index in [1.54, 1.807) is 19.1 Å². The van der Waals surface area contributed by atoms with Crippen molar-refractivity contribution in [3.05, 3.63) is 46.6 Å². The maximum absolute atomic E-state index is 11.9. The normalized spacial score (nSPS) is 10.1. The first kappa shape index (κ1) is 12.3. The van der Waals surface area contributed by atoms with Gasteiger partial charge in [-0.15, -0.1) is 10.2 Å². The molecule has 0 spiro atoms. The summed E-state index contributed by atoms with van der Waals surface area (Å²) < 4.78 is 0. The van der Waals surface area contributed by atoms with Crippen molar-refractivity contribution in [1.82, 2.24) is 10.2 Å². The number of amides is 1. The number of carbonyl (C=O) groups excluding carboxylic acids is 1. The van der Waals surface area contributed by atoms with Gasteiger partial charge in [0.2, 0.25) is 0 Å². The fourth-order valence-corrected chi connectivity index (χ4v) is 1.51. The van der Waals surface area contributed by atoms with Crippen molar-refractivity contribution in [3.8, 4) is 5.75 Å². The third kappa shape index (κ3) is 2.57. The molecule has 5 nitrogen and oxygen atoms in total. The Kier molecular flexibility index (Phi) is 3.43. The molecule has 2 N–H and O–H groups in total. The Hall–Kier alpha value is -2.14. The number of aromatic nitrogens is 2. The van der Waals surface area contributed by atoms with E-state index in [-0.39, 0.29) is 22.3 Å². The molecule has 1 amide bonds. The number of benzene rings is 1. The molecule has 0 aliphatic carbocycles.